The van der Waals surface area contributed by atoms with Crippen molar-refractivity contribution in [1.29, 1.82) is 0 Å². The van der Waals surface area contributed by atoms with Gasteiger partial charge in [-0.25, -0.2) is 4.79 Å². The maximum Gasteiger partial charge on any atom is 0.328 e. The van der Waals surface area contributed by atoms with Gasteiger partial charge in [0.05, 0.1) is 0 Å². The molecule has 0 saturated heterocycles. The van der Waals surface area contributed by atoms with Crippen molar-refractivity contribution in [3.8, 4) is 0 Å². The van der Waals surface area contributed by atoms with E-state index in [1.54, 1.807) is 34.6 Å². The fourth-order valence-corrected chi connectivity index (χ4v) is 2.36. The van der Waals surface area contributed by atoms with Crippen molar-refractivity contribution < 1.29 is 19.1 Å². The minimum Gasteiger partial charge on any atom is -0.458 e. The summed E-state index contributed by atoms with van der Waals surface area (Å²) < 4.78 is 5.12. The molecule has 0 aromatic heterocycles. The summed E-state index contributed by atoms with van der Waals surface area (Å²) >= 11 is 5.29. The number of hydrogen-bond acceptors (Lipinski definition) is 5. The lowest BCUT2D eigenvalue weighted by Crippen LogP contribution is -2.50. The van der Waals surface area contributed by atoms with E-state index in [4.69, 9.17) is 15.9 Å². The fourth-order valence-electron chi connectivity index (χ4n) is 1.72. The van der Waals surface area contributed by atoms with Crippen LogP contribution < -0.4 is 10.6 Å². The Morgan fingerprint density at radius 3 is 2.00 bits per heavy atom. The summed E-state index contributed by atoms with van der Waals surface area (Å²) in [6.07, 6.45) is 2.94. The summed E-state index contributed by atoms with van der Waals surface area (Å²) in [5.74, 6) is -1.15. The highest BCUT2D eigenvalue weighted by molar-refractivity contribution is 8.29. The number of carbonyl (C=O) groups excluding carboxylic acids is 3. The maximum atomic E-state index is 12.1. The first kappa shape index (κ1) is 24.0. The monoisotopic (exact) mass is 392 g/mol. The van der Waals surface area contributed by atoms with Gasteiger partial charge in [-0.2, -0.15) is 0 Å². The van der Waals surface area contributed by atoms with Gasteiger partial charge in [0.15, 0.2) is 0 Å². The fraction of sp³-hybridized carbons (Fsp3) is 0.824. The zero-order valence-electron chi connectivity index (χ0n) is 16.5. The van der Waals surface area contributed by atoms with E-state index in [-0.39, 0.29) is 20.1 Å². The molecule has 8 heteroatoms. The number of esters is 1. The Morgan fingerprint density at radius 1 is 1.04 bits per heavy atom. The molecule has 2 N–H and O–H groups in total. The maximum absolute atomic E-state index is 12.1. The molecule has 0 saturated carbocycles. The summed E-state index contributed by atoms with van der Waals surface area (Å²) in [4.78, 5) is 36.0. The third-order valence-corrected chi connectivity index (χ3v) is 6.74. The Balaban J connectivity index is 4.44. The highest BCUT2D eigenvalue weighted by atomic mass is 32.8. The molecule has 3 atom stereocenters. The Labute approximate surface area is 158 Å². The van der Waals surface area contributed by atoms with Crippen LogP contribution in [0.2, 0.25) is 0 Å². The van der Waals surface area contributed by atoms with Crippen molar-refractivity contribution in [3.05, 3.63) is 0 Å². The smallest absolute Gasteiger partial charge is 0.328 e. The zero-order chi connectivity index (χ0) is 20.0. The van der Waals surface area contributed by atoms with Crippen LogP contribution in [0.15, 0.2) is 0 Å². The van der Waals surface area contributed by atoms with Crippen molar-refractivity contribution in [2.24, 2.45) is 0 Å². The summed E-state index contributed by atoms with van der Waals surface area (Å²) in [6.45, 7) is 12.5. The number of ether oxygens (including phenoxy) is 1. The second-order valence-electron chi connectivity index (χ2n) is 7.77. The van der Waals surface area contributed by atoms with Crippen LogP contribution in [0.4, 0.5) is 0 Å². The SMILES string of the molecule is C[C@H](NC(=O)CCC(C)(C)S(C)=S)C(=O)N[C@@H](C)C(=O)OC(C)(C)C. The van der Waals surface area contributed by atoms with Gasteiger partial charge in [-0.05, 0) is 47.3 Å². The third-order valence-electron chi connectivity index (χ3n) is 3.62. The molecule has 0 radical (unpaired) electrons. The number of amides is 2. The molecule has 0 spiro atoms. The van der Waals surface area contributed by atoms with Crippen molar-refractivity contribution in [1.82, 2.24) is 10.6 Å². The lowest BCUT2D eigenvalue weighted by atomic mass is 10.1. The predicted molar refractivity (Wildman–Crippen MR) is 105 cm³/mol. The third kappa shape index (κ3) is 9.89. The topological polar surface area (TPSA) is 84.5 Å². The van der Waals surface area contributed by atoms with Crippen molar-refractivity contribution in [2.75, 3.05) is 6.26 Å². The van der Waals surface area contributed by atoms with Gasteiger partial charge in [-0.15, -0.1) is 9.45 Å². The molecule has 0 heterocycles. The average molecular weight is 393 g/mol. The summed E-state index contributed by atoms with van der Waals surface area (Å²) in [5, 5.41) is 5.20. The van der Waals surface area contributed by atoms with Gasteiger partial charge >= 0.3 is 5.97 Å². The standard InChI is InChI=1S/C17H32N2O4S2/c1-11(18-13(20)9-10-17(6,7)25(8)24)14(21)19-12(2)15(22)23-16(3,4)5/h11-12H,9-10H2,1-8H3,(H,18,20)(H,19,21)/t11-,12-,25?/m0/s1. The van der Waals surface area contributed by atoms with Crippen molar-refractivity contribution >= 4 is 38.4 Å². The highest BCUT2D eigenvalue weighted by Gasteiger charge is 2.26. The number of hydrogen-bond donors (Lipinski definition) is 2. The van der Waals surface area contributed by atoms with Gasteiger partial charge in [0.2, 0.25) is 11.8 Å². The minimum absolute atomic E-state index is 0.0939. The molecule has 0 aliphatic rings. The van der Waals surface area contributed by atoms with Gasteiger partial charge < -0.3 is 15.4 Å². The molecular weight excluding hydrogens is 360 g/mol. The molecule has 1 unspecified atom stereocenters. The molecule has 146 valence electrons. The van der Waals surface area contributed by atoms with Crippen LogP contribution in [0.25, 0.3) is 0 Å². The lowest BCUT2D eigenvalue weighted by molar-refractivity contribution is -0.158. The predicted octanol–water partition coefficient (Wildman–Crippen LogP) is 1.61. The Morgan fingerprint density at radius 2 is 1.56 bits per heavy atom. The van der Waals surface area contributed by atoms with Gasteiger partial charge in [-0.3, -0.25) is 9.59 Å². The second-order valence-corrected chi connectivity index (χ2v) is 11.3. The number of carbonyl (C=O) groups is 3. The normalized spacial score (nSPS) is 15.7. The van der Waals surface area contributed by atoms with E-state index < -0.39 is 29.6 Å². The van der Waals surface area contributed by atoms with Crippen LogP contribution >= 0.6 is 0 Å². The average Bonchev–Trinajstić information content (AvgIpc) is 2.42. The molecular formula is C17H32N2O4S2. The zero-order valence-corrected chi connectivity index (χ0v) is 18.2. The molecule has 0 aliphatic heterocycles. The van der Waals surface area contributed by atoms with E-state index in [1.807, 2.05) is 20.1 Å². The van der Waals surface area contributed by atoms with E-state index in [1.165, 1.54) is 0 Å². The van der Waals surface area contributed by atoms with Crippen LogP contribution in [0.5, 0.6) is 0 Å². The van der Waals surface area contributed by atoms with Crippen molar-refractivity contribution in [3.63, 3.8) is 0 Å². The molecule has 6 nitrogen and oxygen atoms in total. The second kappa shape index (κ2) is 9.62. The molecule has 25 heavy (non-hydrogen) atoms. The minimum atomic E-state index is -0.785. The Hall–Kier alpha value is -1.02. The lowest BCUT2D eigenvalue weighted by Gasteiger charge is -2.25. The molecule has 0 aromatic rings. The molecule has 0 aliphatic carbocycles. The molecule has 2 amide bonds. The van der Waals surface area contributed by atoms with Crippen LogP contribution in [0, 0.1) is 0 Å². The van der Waals surface area contributed by atoms with Crippen LogP contribution in [-0.2, 0) is 39.8 Å². The Kier molecular flexibility index (Phi) is 9.22. The highest BCUT2D eigenvalue weighted by Crippen LogP contribution is 2.18. The summed E-state index contributed by atoms with van der Waals surface area (Å²) in [5.41, 5.74) is -0.620. The van der Waals surface area contributed by atoms with E-state index >= 15 is 0 Å². The summed E-state index contributed by atoms with van der Waals surface area (Å²) in [7, 11) is -0.213. The van der Waals surface area contributed by atoms with Crippen LogP contribution in [-0.4, -0.2) is 46.5 Å². The first-order valence-electron chi connectivity index (χ1n) is 8.32. The van der Waals surface area contributed by atoms with Crippen LogP contribution in [0.1, 0.15) is 61.3 Å². The number of rotatable bonds is 8. The van der Waals surface area contributed by atoms with Gasteiger partial charge in [-0.1, -0.05) is 25.0 Å². The first-order chi connectivity index (χ1) is 11.2. The largest absolute Gasteiger partial charge is 0.458 e. The molecule has 0 fully saturated rings. The molecule has 0 bridgehead atoms. The van der Waals surface area contributed by atoms with E-state index in [9.17, 15) is 14.4 Å². The quantitative estimate of drug-likeness (QED) is 0.613. The van der Waals surface area contributed by atoms with Crippen molar-refractivity contribution in [2.45, 2.75) is 83.7 Å². The molecule has 0 aromatic carbocycles. The van der Waals surface area contributed by atoms with Gasteiger partial charge in [0.25, 0.3) is 0 Å². The van der Waals surface area contributed by atoms with Gasteiger partial charge in [0, 0.05) is 11.2 Å². The Bertz CT molecular complexity index is 527. The van der Waals surface area contributed by atoms with Gasteiger partial charge in [0.1, 0.15) is 17.7 Å². The van der Waals surface area contributed by atoms with E-state index in [0.717, 1.165) is 0 Å². The number of nitrogens with one attached hydrogen (secondary N) is 2. The van der Waals surface area contributed by atoms with E-state index in [2.05, 4.69) is 10.6 Å². The molecule has 0 rings (SSSR count). The van der Waals surface area contributed by atoms with Crippen LogP contribution in [0.3, 0.4) is 0 Å². The summed E-state index contributed by atoms with van der Waals surface area (Å²) in [6, 6.07) is -1.52. The first-order valence-corrected chi connectivity index (χ1v) is 10.9. The van der Waals surface area contributed by atoms with E-state index in [0.29, 0.717) is 12.8 Å².